The minimum atomic E-state index is -3.90. The molecule has 0 aromatic heterocycles. The van der Waals surface area contributed by atoms with Gasteiger partial charge in [0.15, 0.2) is 0 Å². The van der Waals surface area contributed by atoms with E-state index in [4.69, 9.17) is 23.6 Å². The quantitative estimate of drug-likeness (QED) is 0.152. The molecule has 0 radical (unpaired) electrons. The van der Waals surface area contributed by atoms with Crippen molar-refractivity contribution in [2.24, 2.45) is 0 Å². The van der Waals surface area contributed by atoms with Crippen molar-refractivity contribution in [3.8, 4) is 5.75 Å². The number of carbonyl (C=O) groups is 2. The fourth-order valence-electron chi connectivity index (χ4n) is 2.93. The normalized spacial score (nSPS) is 12.8. The first kappa shape index (κ1) is 29.1. The first-order chi connectivity index (χ1) is 15.7. The molecule has 0 spiro atoms. The predicted octanol–water partition coefficient (Wildman–Crippen LogP) is 4.19. The van der Waals surface area contributed by atoms with Gasteiger partial charge < -0.3 is 24.4 Å². The number of phosphoric acid groups is 1. The minimum absolute atomic E-state index is 0.0932. The van der Waals surface area contributed by atoms with Crippen LogP contribution in [0.1, 0.15) is 55.7 Å². The zero-order valence-corrected chi connectivity index (χ0v) is 20.8. The second-order valence-corrected chi connectivity index (χ2v) is 9.05. The zero-order valence-electron chi connectivity index (χ0n) is 19.9. The molecule has 2 N–H and O–H groups in total. The van der Waals surface area contributed by atoms with E-state index in [1.54, 1.807) is 0 Å². The molecule has 1 aromatic rings. The van der Waals surface area contributed by atoms with E-state index in [2.05, 4.69) is 9.84 Å². The summed E-state index contributed by atoms with van der Waals surface area (Å²) in [7, 11) is -2.79. The number of carbonyl (C=O) groups excluding carboxylic acids is 2. The smallest absolute Gasteiger partial charge is 0.445 e. The van der Waals surface area contributed by atoms with E-state index in [0.29, 0.717) is 25.3 Å². The summed E-state index contributed by atoms with van der Waals surface area (Å²) in [6.45, 7) is 6.72. The second-order valence-electron chi connectivity index (χ2n) is 7.49. The van der Waals surface area contributed by atoms with Gasteiger partial charge in [-0.15, -0.1) is 0 Å². The highest BCUT2D eigenvalue weighted by atomic mass is 31.2. The number of esters is 1. The first-order valence-corrected chi connectivity index (χ1v) is 12.5. The van der Waals surface area contributed by atoms with Crippen LogP contribution < -0.4 is 10.1 Å². The number of alkyl carbamates (subject to hydrolysis) is 1. The lowest BCUT2D eigenvalue weighted by Crippen LogP contribution is -2.25. The maximum atomic E-state index is 11.9. The molecule has 1 rings (SSSR count). The molecule has 1 unspecified atom stereocenters. The lowest BCUT2D eigenvalue weighted by atomic mass is 10.1. The Balaban J connectivity index is 2.28. The van der Waals surface area contributed by atoms with Gasteiger partial charge in [0.05, 0.1) is 6.61 Å². The van der Waals surface area contributed by atoms with Crippen LogP contribution in [-0.4, -0.2) is 50.4 Å². The molecule has 188 valence electrons. The minimum Gasteiger partial charge on any atom is -0.445 e. The molecule has 11 heteroatoms. The Bertz CT molecular complexity index is 777. The van der Waals surface area contributed by atoms with Crippen LogP contribution >= 0.6 is 7.82 Å². The van der Waals surface area contributed by atoms with Gasteiger partial charge in [-0.3, -0.25) is 9.05 Å². The Morgan fingerprint density at radius 1 is 1.06 bits per heavy atom. The summed E-state index contributed by atoms with van der Waals surface area (Å²) in [5.74, 6) is 0.0386. The van der Waals surface area contributed by atoms with Crippen LogP contribution in [0.5, 0.6) is 5.75 Å². The van der Waals surface area contributed by atoms with E-state index >= 15 is 0 Å². The number of hydrogen-bond donors (Lipinski definition) is 2. The molecule has 0 aliphatic rings. The number of aryl methyl sites for hydroxylation is 2. The largest absolute Gasteiger partial charge is 0.471 e. The Hall–Kier alpha value is -1.97. The highest BCUT2D eigenvalue weighted by molar-refractivity contribution is 7.47. The number of hydrogen-bond acceptors (Lipinski definition) is 8. The van der Waals surface area contributed by atoms with Crippen LogP contribution in [0.15, 0.2) is 12.1 Å². The molecule has 0 fully saturated rings. The van der Waals surface area contributed by atoms with Crippen LogP contribution in [0.2, 0.25) is 0 Å². The molecular weight excluding hydrogens is 453 g/mol. The fourth-order valence-corrected chi connectivity index (χ4v) is 3.40. The van der Waals surface area contributed by atoms with Crippen molar-refractivity contribution in [2.75, 3.05) is 33.5 Å². The molecule has 0 saturated heterocycles. The monoisotopic (exact) mass is 489 g/mol. The number of nitrogens with one attached hydrogen (secondary N) is 1. The summed E-state index contributed by atoms with van der Waals surface area (Å²) in [4.78, 5) is 32.9. The SMILES string of the molecule is CCCOCC(=O)Oc1c(C)cc(COC(=O)NCCCCCCOP(=O)(O)OC)cc1C. The first-order valence-electron chi connectivity index (χ1n) is 11.0. The van der Waals surface area contributed by atoms with Gasteiger partial charge in [-0.05, 0) is 61.9 Å². The molecule has 0 bridgehead atoms. The molecule has 0 aliphatic carbocycles. The molecule has 1 aromatic carbocycles. The van der Waals surface area contributed by atoms with Crippen LogP contribution in [0.25, 0.3) is 0 Å². The van der Waals surface area contributed by atoms with Crippen LogP contribution in [0.4, 0.5) is 4.79 Å². The third kappa shape index (κ3) is 12.7. The van der Waals surface area contributed by atoms with Crippen LogP contribution in [0, 0.1) is 13.8 Å². The number of benzene rings is 1. The average Bonchev–Trinajstić information content (AvgIpc) is 2.76. The van der Waals surface area contributed by atoms with Crippen molar-refractivity contribution in [2.45, 2.75) is 59.5 Å². The van der Waals surface area contributed by atoms with Crippen molar-refractivity contribution < 1.29 is 42.3 Å². The second kappa shape index (κ2) is 15.8. The van der Waals surface area contributed by atoms with Gasteiger partial charge in [0.25, 0.3) is 0 Å². The highest BCUT2D eigenvalue weighted by Gasteiger charge is 2.17. The van der Waals surface area contributed by atoms with Crippen LogP contribution in [0.3, 0.4) is 0 Å². The summed E-state index contributed by atoms with van der Waals surface area (Å²) >= 11 is 0. The number of amides is 1. The van der Waals surface area contributed by atoms with E-state index in [9.17, 15) is 14.2 Å². The van der Waals surface area contributed by atoms with Crippen molar-refractivity contribution in [3.63, 3.8) is 0 Å². The topological polar surface area (TPSA) is 130 Å². The van der Waals surface area contributed by atoms with Crippen molar-refractivity contribution in [1.82, 2.24) is 5.32 Å². The van der Waals surface area contributed by atoms with E-state index < -0.39 is 19.9 Å². The lowest BCUT2D eigenvalue weighted by Gasteiger charge is -2.13. The molecular formula is C22H36NO9P. The predicted molar refractivity (Wildman–Crippen MR) is 122 cm³/mol. The third-order valence-electron chi connectivity index (χ3n) is 4.50. The fraction of sp³-hybridized carbons (Fsp3) is 0.636. The van der Waals surface area contributed by atoms with Crippen molar-refractivity contribution >= 4 is 19.9 Å². The van der Waals surface area contributed by atoms with Gasteiger partial charge in [-0.1, -0.05) is 19.8 Å². The molecule has 1 amide bonds. The molecule has 0 aliphatic heterocycles. The van der Waals surface area contributed by atoms with Crippen molar-refractivity contribution in [1.29, 1.82) is 0 Å². The highest BCUT2D eigenvalue weighted by Crippen LogP contribution is 2.41. The van der Waals surface area contributed by atoms with E-state index in [1.807, 2.05) is 32.9 Å². The van der Waals surface area contributed by atoms with E-state index in [0.717, 1.165) is 49.5 Å². The maximum Gasteiger partial charge on any atom is 0.471 e. The molecule has 0 saturated carbocycles. The van der Waals surface area contributed by atoms with Gasteiger partial charge in [-0.25, -0.2) is 14.2 Å². The number of phosphoric ester groups is 1. The lowest BCUT2D eigenvalue weighted by molar-refractivity contribution is -0.139. The summed E-state index contributed by atoms with van der Waals surface area (Å²) in [5, 5.41) is 2.69. The van der Waals surface area contributed by atoms with Crippen molar-refractivity contribution in [3.05, 3.63) is 28.8 Å². The number of unbranched alkanes of at least 4 members (excludes halogenated alkanes) is 3. The average molecular weight is 490 g/mol. The third-order valence-corrected chi connectivity index (χ3v) is 5.47. The Morgan fingerprint density at radius 3 is 2.36 bits per heavy atom. The van der Waals surface area contributed by atoms with E-state index in [1.165, 1.54) is 0 Å². The molecule has 10 nitrogen and oxygen atoms in total. The van der Waals surface area contributed by atoms with Gasteiger partial charge in [0.1, 0.15) is 19.0 Å². The zero-order chi connectivity index (χ0) is 24.7. The maximum absolute atomic E-state index is 11.9. The summed E-state index contributed by atoms with van der Waals surface area (Å²) in [6.07, 6.45) is 3.30. The Morgan fingerprint density at radius 2 is 1.73 bits per heavy atom. The number of ether oxygens (including phenoxy) is 3. The summed E-state index contributed by atoms with van der Waals surface area (Å²) in [5.41, 5.74) is 2.33. The Labute approximate surface area is 195 Å². The number of rotatable bonds is 16. The molecule has 33 heavy (non-hydrogen) atoms. The molecule has 1 atom stereocenters. The van der Waals surface area contributed by atoms with Gasteiger partial charge >= 0.3 is 19.9 Å². The Kier molecular flexibility index (Phi) is 13.9. The van der Waals surface area contributed by atoms with E-state index in [-0.39, 0.29) is 19.8 Å². The standard InChI is InChI=1S/C22H36NO9P/c1-5-11-29-16-20(24)32-21-17(2)13-19(14-18(21)3)15-30-22(25)23-10-8-6-7-9-12-31-33(26,27)28-4/h13-14H,5-12,15-16H2,1-4H3,(H,23,25)(H,26,27). The summed E-state index contributed by atoms with van der Waals surface area (Å²) < 4.78 is 36.0. The molecule has 0 heterocycles. The van der Waals surface area contributed by atoms with Gasteiger partial charge in [-0.2, -0.15) is 0 Å². The summed E-state index contributed by atoms with van der Waals surface area (Å²) in [6, 6.07) is 3.62. The van der Waals surface area contributed by atoms with Crippen LogP contribution in [-0.2, 0) is 34.5 Å². The van der Waals surface area contributed by atoms with Gasteiger partial charge in [0, 0.05) is 20.3 Å². The van der Waals surface area contributed by atoms with Gasteiger partial charge in [0.2, 0.25) is 0 Å².